The average molecular weight is 253 g/mol. The summed E-state index contributed by atoms with van der Waals surface area (Å²) in [5, 5.41) is 0.982. The Kier molecular flexibility index (Phi) is 4.12. The van der Waals surface area contributed by atoms with Gasteiger partial charge in [0.15, 0.2) is 11.4 Å². The van der Waals surface area contributed by atoms with Crippen molar-refractivity contribution < 1.29 is 4.79 Å². The smallest absolute Gasteiger partial charge is 0.186 e. The fourth-order valence-corrected chi connectivity index (χ4v) is 2.87. The minimum Gasteiger partial charge on any atom is -0.346 e. The highest BCUT2D eigenvalue weighted by molar-refractivity contribution is 7.17. The lowest BCUT2D eigenvalue weighted by Crippen LogP contribution is -2.49. The Morgan fingerprint density at radius 1 is 1.47 bits per heavy atom. The van der Waals surface area contributed by atoms with Gasteiger partial charge in [0.1, 0.15) is 0 Å². The minimum atomic E-state index is 0.666. The molecule has 5 heteroatoms. The Morgan fingerprint density at radius 2 is 2.18 bits per heavy atom. The molecular formula is C12H19N3OS. The van der Waals surface area contributed by atoms with Crippen molar-refractivity contribution in [1.82, 2.24) is 9.88 Å². The van der Waals surface area contributed by atoms with Crippen molar-refractivity contribution in [2.75, 3.05) is 31.1 Å². The zero-order chi connectivity index (χ0) is 12.3. The summed E-state index contributed by atoms with van der Waals surface area (Å²) in [6.45, 7) is 8.71. The molecule has 1 saturated heterocycles. The van der Waals surface area contributed by atoms with Crippen LogP contribution in [-0.4, -0.2) is 48.4 Å². The zero-order valence-corrected chi connectivity index (χ0v) is 11.2. The van der Waals surface area contributed by atoms with Crippen LogP contribution in [-0.2, 0) is 0 Å². The number of hydrogen-bond donors (Lipinski definition) is 0. The van der Waals surface area contributed by atoms with Crippen LogP contribution in [0.1, 0.15) is 29.9 Å². The molecule has 1 fully saturated rings. The van der Waals surface area contributed by atoms with E-state index in [2.05, 4.69) is 28.6 Å². The van der Waals surface area contributed by atoms with Gasteiger partial charge in [0, 0.05) is 32.2 Å². The summed E-state index contributed by atoms with van der Waals surface area (Å²) < 4.78 is 0. The topological polar surface area (TPSA) is 36.4 Å². The molecule has 1 aromatic rings. The summed E-state index contributed by atoms with van der Waals surface area (Å²) in [7, 11) is 0. The van der Waals surface area contributed by atoms with Crippen molar-refractivity contribution in [3.05, 3.63) is 11.1 Å². The fraction of sp³-hybridized carbons (Fsp3) is 0.667. The average Bonchev–Trinajstić information content (AvgIpc) is 2.87. The lowest BCUT2D eigenvalue weighted by atomic mass is 10.2. The summed E-state index contributed by atoms with van der Waals surface area (Å²) in [6.07, 6.45) is 3.73. The normalized spacial score (nSPS) is 19.3. The Hall–Kier alpha value is -0.940. The molecule has 0 aliphatic carbocycles. The Balaban J connectivity index is 1.92. The summed E-state index contributed by atoms with van der Waals surface area (Å²) in [4.78, 5) is 20.4. The quantitative estimate of drug-likeness (QED) is 0.768. The molecule has 1 unspecified atom stereocenters. The van der Waals surface area contributed by atoms with Crippen LogP contribution in [0.4, 0.5) is 5.13 Å². The maximum Gasteiger partial charge on any atom is 0.186 e. The highest BCUT2D eigenvalue weighted by Gasteiger charge is 2.21. The van der Waals surface area contributed by atoms with Crippen molar-refractivity contribution in [3.63, 3.8) is 0 Å². The molecule has 17 heavy (non-hydrogen) atoms. The second-order valence-electron chi connectivity index (χ2n) is 4.44. The maximum absolute atomic E-state index is 10.6. The van der Waals surface area contributed by atoms with Crippen molar-refractivity contribution in [3.8, 4) is 0 Å². The van der Waals surface area contributed by atoms with E-state index >= 15 is 0 Å². The van der Waals surface area contributed by atoms with Crippen LogP contribution in [0.5, 0.6) is 0 Å². The molecule has 1 atom stereocenters. The van der Waals surface area contributed by atoms with Crippen LogP contribution >= 0.6 is 11.3 Å². The number of hydrogen-bond acceptors (Lipinski definition) is 5. The Bertz CT molecular complexity index is 372. The Labute approximate surface area is 106 Å². The molecule has 4 nitrogen and oxygen atoms in total. The number of thiazole rings is 1. The van der Waals surface area contributed by atoms with E-state index < -0.39 is 0 Å². The molecule has 94 valence electrons. The lowest BCUT2D eigenvalue weighted by molar-refractivity contribution is 0.112. The van der Waals surface area contributed by atoms with E-state index in [4.69, 9.17) is 0 Å². The van der Waals surface area contributed by atoms with Crippen LogP contribution in [0.25, 0.3) is 0 Å². The monoisotopic (exact) mass is 253 g/mol. The van der Waals surface area contributed by atoms with E-state index in [0.717, 1.165) is 37.6 Å². The number of anilines is 1. The van der Waals surface area contributed by atoms with E-state index in [-0.39, 0.29) is 0 Å². The van der Waals surface area contributed by atoms with Crippen LogP contribution < -0.4 is 4.90 Å². The zero-order valence-electron chi connectivity index (χ0n) is 10.4. The van der Waals surface area contributed by atoms with Gasteiger partial charge in [-0.3, -0.25) is 9.69 Å². The second-order valence-corrected chi connectivity index (χ2v) is 5.48. The van der Waals surface area contributed by atoms with Crippen LogP contribution in [0.3, 0.4) is 0 Å². The molecule has 2 rings (SSSR count). The van der Waals surface area contributed by atoms with E-state index in [1.165, 1.54) is 17.8 Å². The summed E-state index contributed by atoms with van der Waals surface area (Å²) in [6, 6.07) is 0.666. The first kappa shape index (κ1) is 12.5. The molecule has 2 heterocycles. The molecule has 0 spiro atoms. The molecule has 0 radical (unpaired) electrons. The molecule has 0 bridgehead atoms. The molecule has 0 amide bonds. The standard InChI is InChI=1S/C12H19N3OS/c1-3-10(2)14-4-6-15(7-5-14)12-13-8-11(9-16)17-12/h8-10H,3-7H2,1-2H3. The number of piperazine rings is 1. The van der Waals surface area contributed by atoms with E-state index in [9.17, 15) is 4.79 Å². The van der Waals surface area contributed by atoms with E-state index in [1.807, 2.05) is 0 Å². The van der Waals surface area contributed by atoms with Gasteiger partial charge in [-0.1, -0.05) is 18.3 Å². The highest BCUT2D eigenvalue weighted by Crippen LogP contribution is 2.23. The van der Waals surface area contributed by atoms with Gasteiger partial charge in [0.05, 0.1) is 11.1 Å². The third-order valence-electron chi connectivity index (χ3n) is 3.43. The predicted molar refractivity (Wildman–Crippen MR) is 71.0 cm³/mol. The molecule has 1 aliphatic heterocycles. The molecule has 0 N–H and O–H groups in total. The summed E-state index contributed by atoms with van der Waals surface area (Å²) >= 11 is 1.48. The summed E-state index contributed by atoms with van der Waals surface area (Å²) in [5.41, 5.74) is 0. The van der Waals surface area contributed by atoms with Gasteiger partial charge in [0.25, 0.3) is 0 Å². The molecule has 1 aromatic heterocycles. The predicted octanol–water partition coefficient (Wildman–Crippen LogP) is 1.88. The van der Waals surface area contributed by atoms with E-state index in [1.54, 1.807) is 6.20 Å². The number of aldehydes is 1. The van der Waals surface area contributed by atoms with Gasteiger partial charge < -0.3 is 4.90 Å². The molecule has 1 aliphatic rings. The number of nitrogens with zero attached hydrogens (tertiary/aromatic N) is 3. The number of rotatable bonds is 4. The van der Waals surface area contributed by atoms with Crippen LogP contribution in [0, 0.1) is 0 Å². The van der Waals surface area contributed by atoms with Gasteiger partial charge in [-0.2, -0.15) is 0 Å². The second kappa shape index (κ2) is 5.60. The van der Waals surface area contributed by atoms with Gasteiger partial charge in [-0.25, -0.2) is 4.98 Å². The van der Waals surface area contributed by atoms with Gasteiger partial charge in [0.2, 0.25) is 0 Å². The SMILES string of the molecule is CCC(C)N1CCN(c2ncc(C=O)s2)CC1. The fourth-order valence-electron chi connectivity index (χ4n) is 2.09. The highest BCUT2D eigenvalue weighted by atomic mass is 32.1. The largest absolute Gasteiger partial charge is 0.346 e. The van der Waals surface area contributed by atoms with Gasteiger partial charge in [-0.05, 0) is 13.3 Å². The minimum absolute atomic E-state index is 0.666. The first-order chi connectivity index (χ1) is 8.24. The van der Waals surface area contributed by atoms with E-state index in [0.29, 0.717) is 10.9 Å². The van der Waals surface area contributed by atoms with Crippen LogP contribution in [0.15, 0.2) is 6.20 Å². The third-order valence-corrected chi connectivity index (χ3v) is 4.41. The third kappa shape index (κ3) is 2.84. The molecule has 0 saturated carbocycles. The van der Waals surface area contributed by atoms with Crippen molar-refractivity contribution >= 4 is 22.8 Å². The maximum atomic E-state index is 10.6. The van der Waals surface area contributed by atoms with Crippen molar-refractivity contribution in [2.24, 2.45) is 0 Å². The first-order valence-electron chi connectivity index (χ1n) is 6.14. The summed E-state index contributed by atoms with van der Waals surface area (Å²) in [5.74, 6) is 0. The van der Waals surface area contributed by atoms with Crippen LogP contribution in [0.2, 0.25) is 0 Å². The first-order valence-corrected chi connectivity index (χ1v) is 6.96. The number of carbonyl (C=O) groups excluding carboxylic acids is 1. The lowest BCUT2D eigenvalue weighted by Gasteiger charge is -2.37. The molecule has 0 aromatic carbocycles. The Morgan fingerprint density at radius 3 is 2.71 bits per heavy atom. The van der Waals surface area contributed by atoms with Gasteiger partial charge >= 0.3 is 0 Å². The van der Waals surface area contributed by atoms with Crippen molar-refractivity contribution in [2.45, 2.75) is 26.3 Å². The number of carbonyl (C=O) groups is 1. The molecular weight excluding hydrogens is 234 g/mol. The van der Waals surface area contributed by atoms with Crippen molar-refractivity contribution in [1.29, 1.82) is 0 Å². The van der Waals surface area contributed by atoms with Gasteiger partial charge in [-0.15, -0.1) is 0 Å². The number of aromatic nitrogens is 1.